The molecule has 0 aromatic heterocycles. The second-order valence-corrected chi connectivity index (χ2v) is 25.0. The van der Waals surface area contributed by atoms with Crippen LogP contribution < -0.4 is 66.1 Å². The van der Waals surface area contributed by atoms with E-state index in [4.69, 9.17) is 34.2 Å². The normalized spacial score (nSPS) is 16.3. The van der Waals surface area contributed by atoms with E-state index in [-0.39, 0.29) is 124 Å². The number of amides is 5. The zero-order valence-electron chi connectivity index (χ0n) is 58.0. The van der Waals surface area contributed by atoms with Crippen LogP contribution in [0.25, 0.3) is 0 Å². The van der Waals surface area contributed by atoms with Crippen molar-refractivity contribution in [2.75, 3.05) is 105 Å². The molecule has 8 bridgehead atoms. The third-order valence-electron chi connectivity index (χ3n) is 17.7. The zero-order valence-corrected chi connectivity index (χ0v) is 58.0. The summed E-state index contributed by atoms with van der Waals surface area (Å²) in [5, 5.41) is 19.4. The van der Waals surface area contributed by atoms with Gasteiger partial charge in [0.25, 0.3) is 29.5 Å². The summed E-state index contributed by atoms with van der Waals surface area (Å²) < 4.78 is 40.1. The summed E-state index contributed by atoms with van der Waals surface area (Å²) in [6.07, 6.45) is 0. The number of carbonyl (C=O) groups excluding carboxylic acids is 5. The van der Waals surface area contributed by atoms with Crippen LogP contribution in [0.1, 0.15) is 90.7 Å². The molecule has 3 aliphatic rings. The highest BCUT2D eigenvalue weighted by molar-refractivity contribution is 6.04. The van der Waals surface area contributed by atoms with Gasteiger partial charge in [0.1, 0.15) is 39.6 Å². The molecular formula is C82H90N10O11. The summed E-state index contributed by atoms with van der Waals surface area (Å²) in [7, 11) is 0. The molecule has 0 fully saturated rings. The Kier molecular flexibility index (Phi) is 27.5. The third-order valence-corrected chi connectivity index (χ3v) is 17.7. The average molecular weight is 1390 g/mol. The van der Waals surface area contributed by atoms with E-state index >= 15 is 0 Å². The highest BCUT2D eigenvalue weighted by Gasteiger charge is 2.29. The molecule has 9 aromatic carbocycles. The minimum absolute atomic E-state index is 0.0545. The number of nitrogens with one attached hydrogen (secondary N) is 6. The van der Waals surface area contributed by atoms with Crippen LogP contribution in [0.5, 0.6) is 34.5 Å². The van der Waals surface area contributed by atoms with Gasteiger partial charge in [0.2, 0.25) is 0 Å². The summed E-state index contributed by atoms with van der Waals surface area (Å²) in [4.78, 5) is 80.9. The quantitative estimate of drug-likeness (QED) is 0.0376. The molecule has 0 unspecified atom stereocenters. The SMILES string of the molecule is NCCN1CCNC(=O)c2ccc(c(OCc3ccccc3)c2OCc2ccccc2)CNCCN2CCNC(=O)c3ccc(c(OCc4ccccc4)c3OCc3ccccc3)C(=O)NCCN(CCNC(=O)c3ccc(c(OCc4ccccc4)c3OCc3ccccc3)C(=O)NCC2)CC1. The third kappa shape index (κ3) is 21.5. The van der Waals surface area contributed by atoms with Gasteiger partial charge in [-0.3, -0.25) is 38.7 Å². The molecular weight excluding hydrogens is 1300 g/mol. The number of carbonyl (C=O) groups is 5. The number of nitrogens with zero attached hydrogens (tertiary/aromatic N) is 3. The topological polar surface area (TPSA) is 249 Å². The van der Waals surface area contributed by atoms with Gasteiger partial charge in [-0.15, -0.1) is 0 Å². The highest BCUT2D eigenvalue weighted by Crippen LogP contribution is 2.40. The summed E-state index contributed by atoms with van der Waals surface area (Å²) in [5.41, 5.74) is 13.1. The van der Waals surface area contributed by atoms with Crippen molar-refractivity contribution in [2.24, 2.45) is 5.73 Å². The number of hydrogen-bond donors (Lipinski definition) is 7. The highest BCUT2D eigenvalue weighted by atomic mass is 16.5. The van der Waals surface area contributed by atoms with Crippen molar-refractivity contribution in [1.82, 2.24) is 46.6 Å². The first-order chi connectivity index (χ1) is 50.6. The van der Waals surface area contributed by atoms with Crippen molar-refractivity contribution in [3.8, 4) is 34.5 Å². The second-order valence-electron chi connectivity index (χ2n) is 25.0. The van der Waals surface area contributed by atoms with Crippen LogP contribution >= 0.6 is 0 Å². The van der Waals surface area contributed by atoms with Gasteiger partial charge in [-0.05, 0) is 63.7 Å². The van der Waals surface area contributed by atoms with Crippen molar-refractivity contribution in [1.29, 1.82) is 0 Å². The maximum atomic E-state index is 15.0. The van der Waals surface area contributed by atoms with Crippen molar-refractivity contribution in [3.05, 3.63) is 285 Å². The Morgan fingerprint density at radius 2 is 0.534 bits per heavy atom. The van der Waals surface area contributed by atoms with Gasteiger partial charge < -0.3 is 66.1 Å². The van der Waals surface area contributed by atoms with E-state index in [1.807, 2.05) is 188 Å². The first-order valence-corrected chi connectivity index (χ1v) is 35.1. The predicted molar refractivity (Wildman–Crippen MR) is 396 cm³/mol. The van der Waals surface area contributed by atoms with Gasteiger partial charge in [-0.1, -0.05) is 188 Å². The monoisotopic (exact) mass is 1390 g/mol. The molecule has 0 atom stereocenters. The molecule has 0 saturated carbocycles. The van der Waals surface area contributed by atoms with Crippen molar-refractivity contribution in [3.63, 3.8) is 0 Å². The maximum Gasteiger partial charge on any atom is 0.255 e. The molecule has 21 heteroatoms. The number of hydrogen-bond acceptors (Lipinski definition) is 16. The van der Waals surface area contributed by atoms with Gasteiger partial charge in [0.05, 0.1) is 27.8 Å². The Morgan fingerprint density at radius 3 is 0.835 bits per heavy atom. The lowest BCUT2D eigenvalue weighted by Gasteiger charge is -2.28. The van der Waals surface area contributed by atoms with Gasteiger partial charge in [-0.25, -0.2) is 0 Å². The van der Waals surface area contributed by atoms with Crippen LogP contribution in [-0.4, -0.2) is 149 Å². The number of ether oxygens (including phenoxy) is 6. The van der Waals surface area contributed by atoms with E-state index < -0.39 is 23.6 Å². The standard InChI is InChI=1S/C82H90N10O11/c83-37-44-90-46-39-85-78(93)67-32-31-66(72(98-54-60-19-7-1-8-20-60)73(67)99-55-61-21-9-2-10-22-61)53-84-38-45-91-47-40-86-79(94)68-33-35-70(76(102-58-64-27-15-5-16-28-64)74(68)100-56-62-23-11-3-12-24-62)81(96)88-42-49-92(52-51-90)50-43-89-82(97)71-36-34-69(80(95)87-41-48-91)75(101-57-63-25-13-4-14-26-63)77(71)103-59-65-29-17-6-18-30-65/h1-36,84H,37-59,83H2,(H,85,93)(H,86,94)(H,87,95)(H,88,96)(H,89,97). The van der Waals surface area contributed by atoms with Crippen LogP contribution in [0.4, 0.5) is 0 Å². The Morgan fingerprint density at radius 1 is 0.282 bits per heavy atom. The lowest BCUT2D eigenvalue weighted by atomic mass is 10.1. The molecule has 21 nitrogen and oxygen atoms in total. The van der Waals surface area contributed by atoms with E-state index in [9.17, 15) is 24.0 Å². The van der Waals surface area contributed by atoms with Crippen molar-refractivity contribution >= 4 is 29.5 Å². The fourth-order valence-electron chi connectivity index (χ4n) is 12.1. The molecule has 0 radical (unpaired) electrons. The Labute approximate surface area is 602 Å². The maximum absolute atomic E-state index is 15.0. The number of benzene rings is 9. The average Bonchev–Trinajstić information content (AvgIpc) is 0.805. The van der Waals surface area contributed by atoms with Crippen LogP contribution in [0.15, 0.2) is 218 Å². The predicted octanol–water partition coefficient (Wildman–Crippen LogP) is 9.19. The zero-order chi connectivity index (χ0) is 71.2. The molecule has 8 N–H and O–H groups in total. The molecule has 0 aliphatic carbocycles. The molecule has 103 heavy (non-hydrogen) atoms. The van der Waals surface area contributed by atoms with E-state index in [0.717, 1.165) is 38.9 Å². The molecule has 12 rings (SSSR count). The summed E-state index contributed by atoms with van der Waals surface area (Å²) >= 11 is 0. The van der Waals surface area contributed by atoms with Gasteiger partial charge >= 0.3 is 0 Å². The van der Waals surface area contributed by atoms with Gasteiger partial charge in [0, 0.05) is 117 Å². The molecule has 0 spiro atoms. The molecule has 5 amide bonds. The fraction of sp³-hybridized carbons (Fsp3) is 0.280. The minimum atomic E-state index is -0.468. The van der Waals surface area contributed by atoms with Crippen LogP contribution in [-0.2, 0) is 46.2 Å². The lowest BCUT2D eigenvalue weighted by Crippen LogP contribution is -2.45. The summed E-state index contributed by atoms with van der Waals surface area (Å²) in [5.74, 6) is -1.15. The molecule has 0 saturated heterocycles. The Hall–Kier alpha value is -11.1. The van der Waals surface area contributed by atoms with Crippen LogP contribution in [0.3, 0.4) is 0 Å². The molecule has 3 heterocycles. The first kappa shape index (κ1) is 73.2. The number of fused-ring (bicyclic) bond motifs is 21. The van der Waals surface area contributed by atoms with Crippen LogP contribution in [0, 0.1) is 0 Å². The lowest BCUT2D eigenvalue weighted by molar-refractivity contribution is 0.0916. The Bertz CT molecular complexity index is 4020. The summed E-state index contributed by atoms with van der Waals surface area (Å²) in [6.45, 7) is 5.87. The molecule has 9 aromatic rings. The fourth-order valence-corrected chi connectivity index (χ4v) is 12.1. The largest absolute Gasteiger partial charge is 0.485 e. The van der Waals surface area contributed by atoms with Gasteiger partial charge in [-0.2, -0.15) is 0 Å². The second kappa shape index (κ2) is 38.7. The Balaban J connectivity index is 0.984. The van der Waals surface area contributed by atoms with Crippen molar-refractivity contribution in [2.45, 2.75) is 46.2 Å². The van der Waals surface area contributed by atoms with Gasteiger partial charge in [0.15, 0.2) is 34.5 Å². The number of rotatable bonds is 20. The molecule has 534 valence electrons. The first-order valence-electron chi connectivity index (χ1n) is 35.1. The minimum Gasteiger partial charge on any atom is -0.485 e. The van der Waals surface area contributed by atoms with E-state index in [1.54, 1.807) is 30.3 Å². The molecule has 3 aliphatic heterocycles. The number of nitrogens with two attached hydrogens (primary N) is 1. The summed E-state index contributed by atoms with van der Waals surface area (Å²) in [6, 6.07) is 67.7. The van der Waals surface area contributed by atoms with E-state index in [2.05, 4.69) is 46.6 Å². The van der Waals surface area contributed by atoms with E-state index in [0.29, 0.717) is 95.6 Å². The van der Waals surface area contributed by atoms with Crippen LogP contribution in [0.2, 0.25) is 0 Å². The smallest absolute Gasteiger partial charge is 0.255 e. The van der Waals surface area contributed by atoms with E-state index in [1.165, 1.54) is 0 Å². The van der Waals surface area contributed by atoms with Crippen molar-refractivity contribution < 1.29 is 52.4 Å².